The summed E-state index contributed by atoms with van der Waals surface area (Å²) in [4.78, 5) is 0. The molecule has 0 aromatic carbocycles. The lowest BCUT2D eigenvalue weighted by Gasteiger charge is -2.01. The minimum atomic E-state index is 0.342. The van der Waals surface area contributed by atoms with E-state index >= 15 is 0 Å². The summed E-state index contributed by atoms with van der Waals surface area (Å²) >= 11 is 3.32. The van der Waals surface area contributed by atoms with Crippen LogP contribution in [0, 0.1) is 0 Å². The summed E-state index contributed by atoms with van der Waals surface area (Å²) in [5, 5.41) is 1.00. The molecular weight excluding hydrogens is 172 g/mol. The van der Waals surface area contributed by atoms with Crippen LogP contribution in [0.2, 0.25) is 0 Å². The molecule has 1 rings (SSSR count). The van der Waals surface area contributed by atoms with Crippen molar-refractivity contribution >= 4 is 15.9 Å². The molecule has 3 heteroatoms. The van der Waals surface area contributed by atoms with Gasteiger partial charge in [0.15, 0.2) is 0 Å². The van der Waals surface area contributed by atoms with Crippen molar-refractivity contribution in [2.75, 3.05) is 18.7 Å². The number of rotatable bonds is 2. The fraction of sp³-hybridized carbons (Fsp3) is 1.00. The minimum absolute atomic E-state index is 0.342. The lowest BCUT2D eigenvalue weighted by molar-refractivity contribution is 0.0464. The van der Waals surface area contributed by atoms with Crippen LogP contribution in [0.3, 0.4) is 0 Å². The van der Waals surface area contributed by atoms with Crippen LogP contribution in [0.15, 0.2) is 0 Å². The fourth-order valence-electron chi connectivity index (χ4n) is 0.660. The quantitative estimate of drug-likeness (QED) is 0.594. The lowest BCUT2D eigenvalue weighted by atomic mass is 10.3. The van der Waals surface area contributed by atoms with E-state index in [9.17, 15) is 0 Å². The van der Waals surface area contributed by atoms with Crippen molar-refractivity contribution in [1.82, 2.24) is 0 Å². The smallest absolute Gasteiger partial charge is 0.147 e. The monoisotopic (exact) mass is 180 g/mol. The lowest BCUT2D eigenvalue weighted by Crippen LogP contribution is -2.08. The van der Waals surface area contributed by atoms with E-state index < -0.39 is 0 Å². The molecular formula is C5H9BrO2. The van der Waals surface area contributed by atoms with Gasteiger partial charge in [-0.05, 0) is 6.42 Å². The van der Waals surface area contributed by atoms with Crippen LogP contribution in [-0.2, 0) is 9.47 Å². The van der Waals surface area contributed by atoms with E-state index in [2.05, 4.69) is 15.9 Å². The summed E-state index contributed by atoms with van der Waals surface area (Å²) < 4.78 is 10.1. The Bertz CT molecular complexity index is 61.4. The molecule has 1 aliphatic rings. The predicted molar refractivity (Wildman–Crippen MR) is 34.1 cm³/mol. The third-order valence-corrected chi connectivity index (χ3v) is 1.58. The summed E-state index contributed by atoms with van der Waals surface area (Å²) in [6.07, 6.45) is 1.40. The summed E-state index contributed by atoms with van der Waals surface area (Å²) in [5.74, 6) is 0. The number of hydrogen-bond donors (Lipinski definition) is 0. The fourth-order valence-corrected chi connectivity index (χ4v) is 1.17. The van der Waals surface area contributed by atoms with Crippen molar-refractivity contribution < 1.29 is 9.47 Å². The van der Waals surface area contributed by atoms with Crippen LogP contribution in [0.25, 0.3) is 0 Å². The van der Waals surface area contributed by atoms with Crippen LogP contribution in [-0.4, -0.2) is 24.8 Å². The van der Waals surface area contributed by atoms with Gasteiger partial charge in [0.2, 0.25) is 0 Å². The average Bonchev–Trinajstić information content (AvgIpc) is 2.19. The maximum absolute atomic E-state index is 5.14. The van der Waals surface area contributed by atoms with Crippen molar-refractivity contribution in [3.05, 3.63) is 0 Å². The molecule has 1 aliphatic heterocycles. The Hall–Kier alpha value is 0.400. The Kier molecular flexibility index (Phi) is 2.80. The Morgan fingerprint density at radius 2 is 2.50 bits per heavy atom. The highest BCUT2D eigenvalue weighted by atomic mass is 79.9. The van der Waals surface area contributed by atoms with Gasteiger partial charge in [-0.25, -0.2) is 0 Å². The van der Waals surface area contributed by atoms with Gasteiger partial charge in [0.1, 0.15) is 6.79 Å². The van der Waals surface area contributed by atoms with Crippen molar-refractivity contribution in [2.45, 2.75) is 12.5 Å². The summed E-state index contributed by atoms with van der Waals surface area (Å²) in [5.41, 5.74) is 0. The topological polar surface area (TPSA) is 18.5 Å². The summed E-state index contributed by atoms with van der Waals surface area (Å²) in [6, 6.07) is 0. The number of hydrogen-bond acceptors (Lipinski definition) is 2. The molecule has 1 unspecified atom stereocenters. The van der Waals surface area contributed by atoms with Crippen LogP contribution in [0.5, 0.6) is 0 Å². The van der Waals surface area contributed by atoms with Crippen molar-refractivity contribution in [1.29, 1.82) is 0 Å². The summed E-state index contributed by atoms with van der Waals surface area (Å²) in [7, 11) is 0. The van der Waals surface area contributed by atoms with Gasteiger partial charge >= 0.3 is 0 Å². The molecule has 1 atom stereocenters. The Balaban J connectivity index is 2.06. The standard InChI is InChI=1S/C5H9BrO2/c6-2-1-5-3-7-4-8-5/h5H,1-4H2. The molecule has 48 valence electrons. The molecule has 1 fully saturated rings. The second-order valence-corrected chi connectivity index (χ2v) is 2.55. The number of ether oxygens (including phenoxy) is 2. The first-order valence-corrected chi connectivity index (χ1v) is 3.81. The molecule has 0 N–H and O–H groups in total. The largest absolute Gasteiger partial charge is 0.353 e. The van der Waals surface area contributed by atoms with Gasteiger partial charge in [-0.15, -0.1) is 0 Å². The van der Waals surface area contributed by atoms with E-state index in [1.54, 1.807) is 0 Å². The number of halogens is 1. The van der Waals surface area contributed by atoms with E-state index in [1.807, 2.05) is 0 Å². The minimum Gasteiger partial charge on any atom is -0.353 e. The first kappa shape index (κ1) is 6.52. The molecule has 0 amide bonds. The zero-order valence-corrected chi connectivity index (χ0v) is 6.19. The van der Waals surface area contributed by atoms with Crippen LogP contribution < -0.4 is 0 Å². The van der Waals surface area contributed by atoms with Crippen LogP contribution in [0.4, 0.5) is 0 Å². The molecule has 0 aromatic rings. The van der Waals surface area contributed by atoms with Gasteiger partial charge in [0, 0.05) is 5.33 Å². The Labute approximate surface area is 57.3 Å². The predicted octanol–water partition coefficient (Wildman–Crippen LogP) is 1.14. The van der Waals surface area contributed by atoms with Gasteiger partial charge in [-0.2, -0.15) is 0 Å². The number of alkyl halides is 1. The van der Waals surface area contributed by atoms with E-state index in [1.165, 1.54) is 0 Å². The van der Waals surface area contributed by atoms with E-state index in [0.717, 1.165) is 18.4 Å². The molecule has 0 radical (unpaired) electrons. The Morgan fingerprint density at radius 3 is 3.00 bits per heavy atom. The van der Waals surface area contributed by atoms with Crippen molar-refractivity contribution in [3.8, 4) is 0 Å². The van der Waals surface area contributed by atoms with E-state index in [-0.39, 0.29) is 0 Å². The van der Waals surface area contributed by atoms with Crippen LogP contribution in [0.1, 0.15) is 6.42 Å². The first-order chi connectivity index (χ1) is 3.93. The van der Waals surface area contributed by atoms with E-state index in [0.29, 0.717) is 12.9 Å². The molecule has 1 heterocycles. The molecule has 0 aliphatic carbocycles. The molecule has 2 nitrogen and oxygen atoms in total. The molecule has 0 aromatic heterocycles. The van der Waals surface area contributed by atoms with Crippen molar-refractivity contribution in [3.63, 3.8) is 0 Å². The zero-order valence-electron chi connectivity index (χ0n) is 4.60. The first-order valence-electron chi connectivity index (χ1n) is 2.69. The van der Waals surface area contributed by atoms with Gasteiger partial charge in [0.05, 0.1) is 12.7 Å². The van der Waals surface area contributed by atoms with Crippen molar-refractivity contribution in [2.24, 2.45) is 0 Å². The maximum Gasteiger partial charge on any atom is 0.147 e. The zero-order chi connectivity index (χ0) is 5.82. The maximum atomic E-state index is 5.14. The van der Waals surface area contributed by atoms with E-state index in [4.69, 9.17) is 9.47 Å². The molecule has 0 spiro atoms. The van der Waals surface area contributed by atoms with Gasteiger partial charge in [0.25, 0.3) is 0 Å². The second-order valence-electron chi connectivity index (χ2n) is 1.75. The van der Waals surface area contributed by atoms with Crippen LogP contribution >= 0.6 is 15.9 Å². The second kappa shape index (κ2) is 3.43. The average molecular weight is 181 g/mol. The highest BCUT2D eigenvalue weighted by molar-refractivity contribution is 9.09. The Morgan fingerprint density at radius 1 is 1.62 bits per heavy atom. The third kappa shape index (κ3) is 1.73. The molecule has 1 saturated heterocycles. The van der Waals surface area contributed by atoms with Gasteiger partial charge < -0.3 is 9.47 Å². The van der Waals surface area contributed by atoms with Gasteiger partial charge in [-0.3, -0.25) is 0 Å². The molecule has 0 bridgehead atoms. The highest BCUT2D eigenvalue weighted by Crippen LogP contribution is 2.07. The SMILES string of the molecule is BrCCC1COCO1. The normalized spacial score (nSPS) is 28.9. The third-order valence-electron chi connectivity index (χ3n) is 1.12. The molecule has 0 saturated carbocycles. The highest BCUT2D eigenvalue weighted by Gasteiger charge is 2.13. The summed E-state index contributed by atoms with van der Waals surface area (Å²) in [6.45, 7) is 1.25. The van der Waals surface area contributed by atoms with Gasteiger partial charge in [-0.1, -0.05) is 15.9 Å². The molecule has 8 heavy (non-hydrogen) atoms.